The van der Waals surface area contributed by atoms with E-state index in [1.807, 2.05) is 204 Å². The van der Waals surface area contributed by atoms with Gasteiger partial charge in [-0.25, -0.2) is 0 Å². The van der Waals surface area contributed by atoms with E-state index >= 15 is 0 Å². The molecule has 0 fully saturated rings. The van der Waals surface area contributed by atoms with Gasteiger partial charge >= 0.3 is 0 Å². The predicted molar refractivity (Wildman–Crippen MR) is 498 cm³/mol. The number of benzene rings is 22. The van der Waals surface area contributed by atoms with Gasteiger partial charge in [0.25, 0.3) is 0 Å². The maximum Gasteiger partial charge on any atom is 0.0645 e. The predicted octanol–water partition coefficient (Wildman–Crippen LogP) is 32.4. The van der Waals surface area contributed by atoms with Crippen LogP contribution in [-0.4, -0.2) is 0 Å². The molecule has 542 valence electrons. The van der Waals surface area contributed by atoms with Crippen molar-refractivity contribution in [3.63, 3.8) is 0 Å². The van der Waals surface area contributed by atoms with Crippen LogP contribution >= 0.6 is 0 Å². The van der Waals surface area contributed by atoms with Crippen LogP contribution < -0.4 is 9.80 Å². The molecule has 0 amide bonds. The van der Waals surface area contributed by atoms with Crippen LogP contribution in [0.25, 0.3) is 175 Å². The van der Waals surface area contributed by atoms with Gasteiger partial charge in [-0.1, -0.05) is 394 Å². The van der Waals surface area contributed by atoms with Crippen LogP contribution in [0.2, 0.25) is 0 Å². The molecule has 0 radical (unpaired) electrons. The molecule has 0 bridgehead atoms. The SMILES string of the molecule is [2H]c1c([2H])c(N(c2ccc(-c3ccc(-c4ccccc4)cc3)cc2)c2cc3ccccc3c3ccccc23)c([2H])c([2H])c1-c1c(-c2ccccc2)c2ccccc2c2ccccc12.[2H]c1c([2H])c(N(c2ccc(-c3ccc4ccccc4c3)cc2)c2cc3ccccc3c3ccccc23)c([2H])c([2H])c1-c1c(-c2ccccc2)c2ccccc2c2ccccc12. The Bertz CT molecular complexity index is 7940. The summed E-state index contributed by atoms with van der Waals surface area (Å²) in [7, 11) is 0. The summed E-state index contributed by atoms with van der Waals surface area (Å²) in [6.07, 6.45) is 0. The zero-order chi connectivity index (χ0) is 83.8. The van der Waals surface area contributed by atoms with E-state index in [0.717, 1.165) is 170 Å². The van der Waals surface area contributed by atoms with Crippen molar-refractivity contribution < 1.29 is 11.0 Å². The first-order valence-corrected chi connectivity index (χ1v) is 39.4. The molecule has 0 aliphatic carbocycles. The maximum absolute atomic E-state index is 10.0. The summed E-state index contributed by atoms with van der Waals surface area (Å²) in [5, 5.41) is 18.3. The van der Waals surface area contributed by atoms with Crippen LogP contribution in [0.15, 0.2) is 461 Å². The van der Waals surface area contributed by atoms with E-state index in [2.05, 4.69) is 218 Å². The Morgan fingerprint density at radius 2 is 0.379 bits per heavy atom. The summed E-state index contributed by atoms with van der Waals surface area (Å²) in [4.78, 5) is 3.86. The number of nitrogens with zero attached hydrogens (tertiary/aromatic N) is 2. The standard InChI is InChI=1S/C58H39N.C56H37N/c1-3-15-40(16-4-1)41-27-29-42(30-28-41)43-31-35-47(36-32-43)59(56-39-46-19-7-8-20-49(46)50-21-9-12-24-53(50)56)48-37-33-45(34-38-48)58-55-26-14-11-23-52(55)51-22-10-13-25-54(51)57(58)44-17-5-2-6-18-44;1-2-15-40(16-3-1)55-52-24-12-9-21-49(52)50-22-10-13-25-53(50)56(55)41-30-34-46(35-31-41)57(54-37-44-18-6-7-19-47(44)48-20-8-11-23-51(48)54)45-32-28-39(29-33-45)43-27-26-38-14-4-5-17-42(38)36-43/h1-39H;1-37H/i33D,34D,37D,38D;30D,31D,34D,35D. The molecule has 0 N–H and O–H groups in total. The summed E-state index contributed by atoms with van der Waals surface area (Å²) in [6.45, 7) is 0. The number of rotatable bonds is 13. The molecule has 0 unspecified atom stereocenters. The van der Waals surface area contributed by atoms with Gasteiger partial charge in [0, 0.05) is 33.5 Å². The molecule has 0 aliphatic heterocycles. The molecule has 2 heteroatoms. The zero-order valence-corrected chi connectivity index (χ0v) is 63.2. The minimum absolute atomic E-state index is 0.100. The normalized spacial score (nSPS) is 12.4. The highest BCUT2D eigenvalue weighted by atomic mass is 15.1. The third-order valence-electron chi connectivity index (χ3n) is 22.8. The van der Waals surface area contributed by atoms with Crippen LogP contribution in [0.4, 0.5) is 34.1 Å². The molecule has 0 heterocycles. The lowest BCUT2D eigenvalue weighted by atomic mass is 9.85. The average Bonchev–Trinajstić information content (AvgIpc) is 0.719. The van der Waals surface area contributed by atoms with Gasteiger partial charge in [-0.3, -0.25) is 0 Å². The summed E-state index contributed by atoms with van der Waals surface area (Å²) < 4.78 is 79.9. The van der Waals surface area contributed by atoms with Gasteiger partial charge in [-0.2, -0.15) is 0 Å². The van der Waals surface area contributed by atoms with Gasteiger partial charge in [0.1, 0.15) is 0 Å². The van der Waals surface area contributed by atoms with Gasteiger partial charge in [0.05, 0.1) is 22.3 Å². The number of hydrogen-bond acceptors (Lipinski definition) is 2. The second-order valence-corrected chi connectivity index (χ2v) is 29.5. The Kier molecular flexibility index (Phi) is 15.5. The monoisotopic (exact) mass is 1480 g/mol. The van der Waals surface area contributed by atoms with Gasteiger partial charge in [0.2, 0.25) is 0 Å². The molecule has 0 saturated carbocycles. The van der Waals surface area contributed by atoms with Crippen LogP contribution in [0.3, 0.4) is 0 Å². The second kappa shape index (κ2) is 29.8. The maximum atomic E-state index is 10.0. The van der Waals surface area contributed by atoms with E-state index in [4.69, 9.17) is 0 Å². The Balaban J connectivity index is 0.000000152. The van der Waals surface area contributed by atoms with Gasteiger partial charge in [-0.15, -0.1) is 0 Å². The van der Waals surface area contributed by atoms with E-state index in [9.17, 15) is 11.0 Å². The number of fused-ring (bicyclic) bond motifs is 13. The average molecular weight is 1480 g/mol. The number of hydrogen-bond donors (Lipinski definition) is 0. The molecule has 22 aromatic carbocycles. The molecule has 22 aromatic rings. The Morgan fingerprint density at radius 1 is 0.138 bits per heavy atom. The smallest absolute Gasteiger partial charge is 0.0645 e. The Hall–Kier alpha value is -15.2. The summed E-state index contributed by atoms with van der Waals surface area (Å²) in [6, 6.07) is 139. The summed E-state index contributed by atoms with van der Waals surface area (Å²) in [5.41, 5.74) is 15.4. The van der Waals surface area contributed by atoms with E-state index in [-0.39, 0.29) is 70.8 Å². The Morgan fingerprint density at radius 3 is 0.741 bits per heavy atom. The Labute approximate surface area is 686 Å². The van der Waals surface area contributed by atoms with Crippen molar-refractivity contribution in [2.75, 3.05) is 9.80 Å². The first-order chi connectivity index (χ1) is 60.9. The fourth-order valence-electron chi connectivity index (χ4n) is 17.4. The second-order valence-electron chi connectivity index (χ2n) is 29.5. The van der Waals surface area contributed by atoms with Gasteiger partial charge < -0.3 is 9.80 Å². The minimum atomic E-state index is -0.125. The first-order valence-electron chi connectivity index (χ1n) is 43.4. The largest absolute Gasteiger partial charge is 0.310 e. The first kappa shape index (κ1) is 60.5. The summed E-state index contributed by atoms with van der Waals surface area (Å²) >= 11 is 0. The number of anilines is 6. The highest BCUT2D eigenvalue weighted by Gasteiger charge is 2.24. The molecule has 22 rings (SSSR count). The van der Waals surface area contributed by atoms with Crippen molar-refractivity contribution in [2.45, 2.75) is 0 Å². The molecule has 2 nitrogen and oxygen atoms in total. The molecule has 0 atom stereocenters. The van der Waals surface area contributed by atoms with Crippen molar-refractivity contribution >= 4 is 131 Å². The lowest BCUT2D eigenvalue weighted by Gasteiger charge is -2.28. The molecule has 116 heavy (non-hydrogen) atoms. The van der Waals surface area contributed by atoms with Crippen LogP contribution in [0, 0.1) is 0 Å². The highest BCUT2D eigenvalue weighted by molar-refractivity contribution is 6.24. The lowest BCUT2D eigenvalue weighted by molar-refractivity contribution is 1.30. The molecular weight excluding hydrogens is 1400 g/mol. The molecule has 0 spiro atoms. The quantitative estimate of drug-likeness (QED) is 0.106. The van der Waals surface area contributed by atoms with E-state index in [1.54, 1.807) is 0 Å². The summed E-state index contributed by atoms with van der Waals surface area (Å²) in [5.74, 6) is 0. The molecule has 0 saturated heterocycles. The molecule has 0 aromatic heterocycles. The van der Waals surface area contributed by atoms with Crippen LogP contribution in [-0.2, 0) is 0 Å². The minimum Gasteiger partial charge on any atom is -0.310 e. The van der Waals surface area contributed by atoms with E-state index < -0.39 is 0 Å². The highest BCUT2D eigenvalue weighted by Crippen LogP contribution is 2.51. The van der Waals surface area contributed by atoms with Crippen molar-refractivity contribution in [3.05, 3.63) is 461 Å². The van der Waals surface area contributed by atoms with E-state index in [1.165, 1.54) is 5.39 Å². The lowest BCUT2D eigenvalue weighted by Crippen LogP contribution is -2.10. The topological polar surface area (TPSA) is 6.48 Å². The van der Waals surface area contributed by atoms with Crippen molar-refractivity contribution in [1.29, 1.82) is 0 Å². The van der Waals surface area contributed by atoms with Crippen LogP contribution in [0.5, 0.6) is 0 Å². The van der Waals surface area contributed by atoms with E-state index in [0.29, 0.717) is 11.1 Å². The van der Waals surface area contributed by atoms with Crippen LogP contribution in [0.1, 0.15) is 11.0 Å². The zero-order valence-electron chi connectivity index (χ0n) is 71.2. The van der Waals surface area contributed by atoms with Gasteiger partial charge in [0.15, 0.2) is 0 Å². The fraction of sp³-hybridized carbons (Fsp3) is 0. The third-order valence-corrected chi connectivity index (χ3v) is 22.8. The van der Waals surface area contributed by atoms with Crippen molar-refractivity contribution in [1.82, 2.24) is 0 Å². The van der Waals surface area contributed by atoms with Crippen molar-refractivity contribution in [3.8, 4) is 77.9 Å². The van der Waals surface area contributed by atoms with Crippen molar-refractivity contribution in [2.24, 2.45) is 0 Å². The molecular formula is C114H76N2. The fourth-order valence-corrected chi connectivity index (χ4v) is 17.4. The molecule has 0 aliphatic rings. The van der Waals surface area contributed by atoms with Gasteiger partial charge in [-0.05, 0) is 231 Å². The third kappa shape index (κ3) is 12.5.